The Balaban J connectivity index is 1.61. The molecule has 0 radical (unpaired) electrons. The van der Waals surface area contributed by atoms with Crippen molar-refractivity contribution >= 4 is 0 Å². The molecule has 0 aliphatic carbocycles. The van der Waals surface area contributed by atoms with Gasteiger partial charge in [-0.05, 0) is 46.9 Å². The van der Waals surface area contributed by atoms with Gasteiger partial charge < -0.3 is 14.3 Å². The highest BCUT2D eigenvalue weighted by atomic mass is 19.1. The Hall–Kier alpha value is -2.73. The van der Waals surface area contributed by atoms with Crippen LogP contribution in [0.25, 0.3) is 22.3 Å². The van der Waals surface area contributed by atoms with Gasteiger partial charge in [-0.15, -0.1) is 0 Å². The van der Waals surface area contributed by atoms with Crippen LogP contribution < -0.4 is 10.6 Å². The predicted molar refractivity (Wildman–Crippen MR) is 118 cm³/mol. The SMILES string of the molecule is CCCc1ccc(-c2ccc(-c3ccc(OCCOCCON)cc3)cc2F)cc1. The van der Waals surface area contributed by atoms with Gasteiger partial charge in [-0.3, -0.25) is 0 Å². The molecule has 0 fully saturated rings. The predicted octanol–water partition coefficient (Wildman–Crippen LogP) is 5.40. The Morgan fingerprint density at radius 3 is 2.10 bits per heavy atom. The summed E-state index contributed by atoms with van der Waals surface area (Å²) >= 11 is 0. The third-order valence-electron chi connectivity index (χ3n) is 4.80. The minimum absolute atomic E-state index is 0.227. The van der Waals surface area contributed by atoms with Gasteiger partial charge in [-0.2, -0.15) is 0 Å². The van der Waals surface area contributed by atoms with Gasteiger partial charge in [0.2, 0.25) is 0 Å². The zero-order valence-electron chi connectivity index (χ0n) is 17.3. The molecule has 2 N–H and O–H groups in total. The molecular formula is C25H28FNO3. The first-order valence-electron chi connectivity index (χ1n) is 10.2. The maximum Gasteiger partial charge on any atom is 0.131 e. The summed E-state index contributed by atoms with van der Waals surface area (Å²) in [5.74, 6) is 5.43. The first kappa shape index (κ1) is 22.0. The van der Waals surface area contributed by atoms with Gasteiger partial charge in [0.25, 0.3) is 0 Å². The minimum Gasteiger partial charge on any atom is -0.491 e. The molecule has 0 atom stereocenters. The lowest BCUT2D eigenvalue weighted by Crippen LogP contribution is -2.12. The van der Waals surface area contributed by atoms with E-state index in [0.29, 0.717) is 32.0 Å². The first-order chi connectivity index (χ1) is 14.7. The van der Waals surface area contributed by atoms with Gasteiger partial charge in [-0.1, -0.05) is 61.9 Å². The third-order valence-corrected chi connectivity index (χ3v) is 4.80. The average Bonchev–Trinajstić information content (AvgIpc) is 2.77. The Bertz CT molecular complexity index is 911. The lowest BCUT2D eigenvalue weighted by molar-refractivity contribution is 0.0362. The second-order valence-corrected chi connectivity index (χ2v) is 7.00. The van der Waals surface area contributed by atoms with Crippen LogP contribution in [0.5, 0.6) is 5.75 Å². The van der Waals surface area contributed by atoms with E-state index in [1.165, 1.54) is 5.56 Å². The molecule has 0 aromatic heterocycles. The van der Waals surface area contributed by atoms with Crippen molar-refractivity contribution in [3.63, 3.8) is 0 Å². The summed E-state index contributed by atoms with van der Waals surface area (Å²) in [4.78, 5) is 4.42. The van der Waals surface area contributed by atoms with Gasteiger partial charge in [0.1, 0.15) is 18.2 Å². The molecule has 158 valence electrons. The number of ether oxygens (including phenoxy) is 2. The number of nitrogens with two attached hydrogens (primary N) is 1. The maximum atomic E-state index is 14.8. The average molecular weight is 410 g/mol. The number of hydrogen-bond acceptors (Lipinski definition) is 4. The summed E-state index contributed by atoms with van der Waals surface area (Å²) in [5, 5.41) is 0. The summed E-state index contributed by atoms with van der Waals surface area (Å²) in [6, 6.07) is 21.1. The van der Waals surface area contributed by atoms with Crippen LogP contribution in [-0.2, 0) is 16.0 Å². The van der Waals surface area contributed by atoms with Gasteiger partial charge in [0.15, 0.2) is 0 Å². The van der Waals surface area contributed by atoms with E-state index in [9.17, 15) is 4.39 Å². The molecule has 0 heterocycles. The Labute approximate surface area is 177 Å². The van der Waals surface area contributed by atoms with E-state index in [1.807, 2.05) is 48.5 Å². The van der Waals surface area contributed by atoms with E-state index in [-0.39, 0.29) is 5.82 Å². The summed E-state index contributed by atoms with van der Waals surface area (Å²) in [6.45, 7) is 3.83. The molecule has 0 saturated heterocycles. The minimum atomic E-state index is -0.227. The molecule has 0 spiro atoms. The Morgan fingerprint density at radius 2 is 1.43 bits per heavy atom. The van der Waals surface area contributed by atoms with Crippen LogP contribution in [0.15, 0.2) is 66.7 Å². The molecule has 0 saturated carbocycles. The van der Waals surface area contributed by atoms with Crippen LogP contribution in [0.3, 0.4) is 0 Å². The van der Waals surface area contributed by atoms with Gasteiger partial charge in [0.05, 0.1) is 19.8 Å². The number of aryl methyl sites for hydroxylation is 1. The first-order valence-corrected chi connectivity index (χ1v) is 10.2. The fraction of sp³-hybridized carbons (Fsp3) is 0.280. The van der Waals surface area contributed by atoms with E-state index >= 15 is 0 Å². The molecule has 0 aliphatic rings. The van der Waals surface area contributed by atoms with E-state index < -0.39 is 0 Å². The number of halogens is 1. The topological polar surface area (TPSA) is 53.7 Å². The largest absolute Gasteiger partial charge is 0.491 e. The Kier molecular flexibility index (Phi) is 8.39. The van der Waals surface area contributed by atoms with E-state index in [2.05, 4.69) is 23.9 Å². The highest BCUT2D eigenvalue weighted by molar-refractivity contribution is 5.71. The summed E-state index contributed by atoms with van der Waals surface area (Å²) < 4.78 is 25.7. The van der Waals surface area contributed by atoms with Crippen LogP contribution in [0.2, 0.25) is 0 Å². The van der Waals surface area contributed by atoms with Crippen LogP contribution in [0.4, 0.5) is 4.39 Å². The number of rotatable bonds is 11. The molecule has 0 bridgehead atoms. The fourth-order valence-electron chi connectivity index (χ4n) is 3.24. The molecule has 3 aromatic rings. The molecular weight excluding hydrogens is 381 g/mol. The Morgan fingerprint density at radius 1 is 0.767 bits per heavy atom. The van der Waals surface area contributed by atoms with E-state index in [1.54, 1.807) is 6.07 Å². The van der Waals surface area contributed by atoms with Gasteiger partial charge >= 0.3 is 0 Å². The highest BCUT2D eigenvalue weighted by Gasteiger charge is 2.08. The van der Waals surface area contributed by atoms with Crippen LogP contribution in [0, 0.1) is 5.82 Å². The van der Waals surface area contributed by atoms with Crippen LogP contribution in [0.1, 0.15) is 18.9 Å². The molecule has 5 heteroatoms. The molecule has 0 unspecified atom stereocenters. The monoisotopic (exact) mass is 409 g/mol. The molecule has 4 nitrogen and oxygen atoms in total. The summed E-state index contributed by atoms with van der Waals surface area (Å²) in [7, 11) is 0. The molecule has 0 aliphatic heterocycles. The van der Waals surface area contributed by atoms with Crippen molar-refractivity contribution in [3.05, 3.63) is 78.1 Å². The standard InChI is InChI=1S/C25H28FNO3/c1-2-3-19-4-6-21(7-5-19)24-13-10-22(18-25(24)26)20-8-11-23(12-9-20)29-16-14-28-15-17-30-27/h4-13,18H,2-3,14-17,27H2,1H3. The van der Waals surface area contributed by atoms with Crippen molar-refractivity contribution in [2.45, 2.75) is 19.8 Å². The quantitative estimate of drug-likeness (QED) is 0.340. The smallest absolute Gasteiger partial charge is 0.131 e. The van der Waals surface area contributed by atoms with Crippen molar-refractivity contribution in [2.75, 3.05) is 26.4 Å². The van der Waals surface area contributed by atoms with Crippen molar-refractivity contribution in [1.29, 1.82) is 0 Å². The third kappa shape index (κ3) is 6.13. The maximum absolute atomic E-state index is 14.8. The number of benzene rings is 3. The normalized spacial score (nSPS) is 10.9. The second-order valence-electron chi connectivity index (χ2n) is 7.00. The lowest BCUT2D eigenvalue weighted by Gasteiger charge is -2.10. The van der Waals surface area contributed by atoms with Crippen LogP contribution in [-0.4, -0.2) is 26.4 Å². The second kappa shape index (κ2) is 11.5. The zero-order valence-corrected chi connectivity index (χ0v) is 17.3. The fourth-order valence-corrected chi connectivity index (χ4v) is 3.24. The molecule has 0 amide bonds. The highest BCUT2D eigenvalue weighted by Crippen LogP contribution is 2.29. The van der Waals surface area contributed by atoms with Crippen LogP contribution >= 0.6 is 0 Å². The molecule has 3 aromatic carbocycles. The van der Waals surface area contributed by atoms with Gasteiger partial charge in [-0.25, -0.2) is 10.3 Å². The van der Waals surface area contributed by atoms with E-state index in [0.717, 1.165) is 35.3 Å². The van der Waals surface area contributed by atoms with Crippen molar-refractivity contribution in [2.24, 2.45) is 5.90 Å². The van der Waals surface area contributed by atoms with Crippen molar-refractivity contribution in [1.82, 2.24) is 0 Å². The van der Waals surface area contributed by atoms with Gasteiger partial charge in [0, 0.05) is 5.56 Å². The lowest BCUT2D eigenvalue weighted by atomic mass is 9.98. The van der Waals surface area contributed by atoms with Crippen molar-refractivity contribution in [3.8, 4) is 28.0 Å². The van der Waals surface area contributed by atoms with E-state index in [4.69, 9.17) is 15.4 Å². The summed E-state index contributed by atoms with van der Waals surface area (Å²) in [6.07, 6.45) is 2.14. The molecule has 30 heavy (non-hydrogen) atoms. The zero-order chi connectivity index (χ0) is 21.2. The molecule has 3 rings (SSSR count). The van der Waals surface area contributed by atoms with Crippen molar-refractivity contribution < 1.29 is 18.7 Å². The summed E-state index contributed by atoms with van der Waals surface area (Å²) in [5.41, 5.74) is 4.54. The number of hydrogen-bond donors (Lipinski definition) is 1.